The molecule has 0 saturated carbocycles. The maximum absolute atomic E-state index is 5.62. The van der Waals surface area contributed by atoms with Crippen LogP contribution >= 0.6 is 0 Å². The van der Waals surface area contributed by atoms with E-state index in [1.165, 1.54) is 0 Å². The van der Waals surface area contributed by atoms with Gasteiger partial charge in [-0.3, -0.25) is 4.40 Å². The highest BCUT2D eigenvalue weighted by atomic mass is 15.3. The van der Waals surface area contributed by atoms with Gasteiger partial charge in [-0.15, -0.1) is 10.2 Å². The minimum Gasteiger partial charge on any atom is -0.326 e. The monoisotopic (exact) mass is 267 g/mol. The molecule has 2 heterocycles. The molecule has 0 aliphatic heterocycles. The molecule has 0 aliphatic carbocycles. The number of hydrogen-bond donors (Lipinski definition) is 1. The van der Waals surface area contributed by atoms with Crippen molar-refractivity contribution in [3.63, 3.8) is 0 Å². The average Bonchev–Trinajstić information content (AvgIpc) is 2.91. The van der Waals surface area contributed by atoms with Crippen molar-refractivity contribution in [3.05, 3.63) is 47.4 Å². The van der Waals surface area contributed by atoms with Gasteiger partial charge in [0.2, 0.25) is 0 Å². The fourth-order valence-electron chi connectivity index (χ4n) is 2.39. The van der Waals surface area contributed by atoms with Crippen molar-refractivity contribution in [1.82, 2.24) is 19.6 Å². The summed E-state index contributed by atoms with van der Waals surface area (Å²) in [6, 6.07) is 8.06. The van der Waals surface area contributed by atoms with Crippen LogP contribution in [0.3, 0.4) is 0 Å². The smallest absolute Gasteiger partial charge is 0.169 e. The van der Waals surface area contributed by atoms with Crippen molar-refractivity contribution in [2.24, 2.45) is 5.73 Å². The first kappa shape index (κ1) is 12.7. The van der Waals surface area contributed by atoms with Crippen LogP contribution in [-0.4, -0.2) is 19.6 Å². The minimum absolute atomic E-state index is 0.543. The number of aryl methyl sites for hydroxylation is 2. The predicted octanol–water partition coefficient (Wildman–Crippen LogP) is 2.12. The minimum atomic E-state index is 0.543. The average molecular weight is 267 g/mol. The second-order valence-corrected chi connectivity index (χ2v) is 4.78. The lowest BCUT2D eigenvalue weighted by atomic mass is 10.1. The maximum Gasteiger partial charge on any atom is 0.169 e. The standard InChI is InChI=1S/C15H17N5/c1-3-13-10(2)17-9-20-14(18-19-15(13)20)12-6-4-11(8-16)5-7-12/h4-7,9H,3,8,16H2,1-2H3. The summed E-state index contributed by atoms with van der Waals surface area (Å²) in [5.74, 6) is 0.811. The number of aromatic nitrogens is 4. The van der Waals surface area contributed by atoms with E-state index in [4.69, 9.17) is 5.73 Å². The molecule has 0 spiro atoms. The summed E-state index contributed by atoms with van der Waals surface area (Å²) in [5.41, 5.74) is 10.8. The van der Waals surface area contributed by atoms with Crippen LogP contribution in [0.2, 0.25) is 0 Å². The Bertz CT molecular complexity index is 743. The van der Waals surface area contributed by atoms with Crippen molar-refractivity contribution in [3.8, 4) is 11.4 Å². The third kappa shape index (κ3) is 1.96. The molecule has 0 radical (unpaired) electrons. The van der Waals surface area contributed by atoms with Crippen LogP contribution in [0.5, 0.6) is 0 Å². The third-order valence-electron chi connectivity index (χ3n) is 3.57. The van der Waals surface area contributed by atoms with Gasteiger partial charge in [-0.25, -0.2) is 4.98 Å². The molecular formula is C15H17N5. The summed E-state index contributed by atoms with van der Waals surface area (Å²) in [5, 5.41) is 8.63. The van der Waals surface area contributed by atoms with Gasteiger partial charge in [0, 0.05) is 23.4 Å². The number of rotatable bonds is 3. The Labute approximate surface area is 117 Å². The van der Waals surface area contributed by atoms with Crippen molar-refractivity contribution < 1.29 is 0 Å². The van der Waals surface area contributed by atoms with Gasteiger partial charge in [-0.05, 0) is 18.9 Å². The number of nitrogens with two attached hydrogens (primary N) is 1. The van der Waals surface area contributed by atoms with Gasteiger partial charge in [0.15, 0.2) is 11.5 Å². The van der Waals surface area contributed by atoms with Gasteiger partial charge in [-0.1, -0.05) is 31.2 Å². The first-order valence-electron chi connectivity index (χ1n) is 6.73. The maximum atomic E-state index is 5.62. The summed E-state index contributed by atoms with van der Waals surface area (Å²) in [7, 11) is 0. The van der Waals surface area contributed by atoms with Gasteiger partial charge >= 0.3 is 0 Å². The molecule has 3 aromatic rings. The first-order chi connectivity index (χ1) is 9.74. The largest absolute Gasteiger partial charge is 0.326 e. The Balaban J connectivity index is 2.17. The molecule has 3 rings (SSSR count). The fourth-order valence-corrected chi connectivity index (χ4v) is 2.39. The number of hydrogen-bond acceptors (Lipinski definition) is 4. The number of benzene rings is 1. The Morgan fingerprint density at radius 3 is 2.55 bits per heavy atom. The molecular weight excluding hydrogens is 250 g/mol. The van der Waals surface area contributed by atoms with Gasteiger partial charge in [0.25, 0.3) is 0 Å². The molecule has 102 valence electrons. The van der Waals surface area contributed by atoms with Gasteiger partial charge in [-0.2, -0.15) is 0 Å². The SMILES string of the molecule is CCc1c(C)ncn2c(-c3ccc(CN)cc3)nnc12. The Kier molecular flexibility index (Phi) is 3.20. The van der Waals surface area contributed by atoms with E-state index in [-0.39, 0.29) is 0 Å². The zero-order valence-electron chi connectivity index (χ0n) is 11.7. The molecule has 0 fully saturated rings. The van der Waals surface area contributed by atoms with E-state index >= 15 is 0 Å². The highest BCUT2D eigenvalue weighted by molar-refractivity contribution is 5.61. The quantitative estimate of drug-likeness (QED) is 0.789. The first-order valence-corrected chi connectivity index (χ1v) is 6.73. The van der Waals surface area contributed by atoms with Gasteiger partial charge in [0.1, 0.15) is 6.33 Å². The van der Waals surface area contributed by atoms with Crippen molar-refractivity contribution in [1.29, 1.82) is 0 Å². The van der Waals surface area contributed by atoms with Crippen LogP contribution in [0.15, 0.2) is 30.6 Å². The van der Waals surface area contributed by atoms with E-state index in [9.17, 15) is 0 Å². The molecule has 2 N–H and O–H groups in total. The highest BCUT2D eigenvalue weighted by Gasteiger charge is 2.12. The zero-order chi connectivity index (χ0) is 14.1. The van der Waals surface area contributed by atoms with E-state index in [1.54, 1.807) is 6.33 Å². The highest BCUT2D eigenvalue weighted by Crippen LogP contribution is 2.21. The second-order valence-electron chi connectivity index (χ2n) is 4.78. The van der Waals surface area contributed by atoms with Crippen LogP contribution in [0.1, 0.15) is 23.7 Å². The molecule has 2 aromatic heterocycles. The van der Waals surface area contributed by atoms with Crippen LogP contribution in [0.25, 0.3) is 17.0 Å². The second kappa shape index (κ2) is 5.02. The summed E-state index contributed by atoms with van der Waals surface area (Å²) < 4.78 is 1.95. The predicted molar refractivity (Wildman–Crippen MR) is 78.2 cm³/mol. The van der Waals surface area contributed by atoms with Gasteiger partial charge < -0.3 is 5.73 Å². The summed E-state index contributed by atoms with van der Waals surface area (Å²) in [6.07, 6.45) is 2.68. The van der Waals surface area contributed by atoms with Crippen molar-refractivity contribution in [2.45, 2.75) is 26.8 Å². The van der Waals surface area contributed by atoms with Crippen molar-refractivity contribution >= 4 is 5.65 Å². The number of nitrogens with zero attached hydrogens (tertiary/aromatic N) is 4. The lowest BCUT2D eigenvalue weighted by Gasteiger charge is -2.05. The topological polar surface area (TPSA) is 69.1 Å². The molecule has 0 bridgehead atoms. The Hall–Kier alpha value is -2.27. The van der Waals surface area contributed by atoms with E-state index in [0.717, 1.165) is 40.3 Å². The summed E-state index contributed by atoms with van der Waals surface area (Å²) >= 11 is 0. The number of fused-ring (bicyclic) bond motifs is 1. The van der Waals surface area contributed by atoms with Crippen LogP contribution < -0.4 is 5.73 Å². The molecule has 0 amide bonds. The molecule has 1 aromatic carbocycles. The molecule has 5 nitrogen and oxygen atoms in total. The molecule has 0 aliphatic rings. The zero-order valence-corrected chi connectivity index (χ0v) is 11.7. The van der Waals surface area contributed by atoms with E-state index in [1.807, 2.05) is 35.6 Å². The normalized spacial score (nSPS) is 11.2. The Morgan fingerprint density at radius 2 is 1.90 bits per heavy atom. The lowest BCUT2D eigenvalue weighted by molar-refractivity contribution is 0.978. The van der Waals surface area contributed by atoms with Crippen LogP contribution in [0, 0.1) is 6.92 Å². The van der Waals surface area contributed by atoms with Crippen LogP contribution in [0.4, 0.5) is 0 Å². The molecule has 20 heavy (non-hydrogen) atoms. The summed E-state index contributed by atoms with van der Waals surface area (Å²) in [4.78, 5) is 4.43. The lowest BCUT2D eigenvalue weighted by Crippen LogP contribution is -1.99. The van der Waals surface area contributed by atoms with E-state index in [2.05, 4.69) is 22.1 Å². The van der Waals surface area contributed by atoms with E-state index < -0.39 is 0 Å². The molecule has 0 atom stereocenters. The molecule has 0 unspecified atom stereocenters. The molecule has 0 saturated heterocycles. The third-order valence-corrected chi connectivity index (χ3v) is 3.57. The van der Waals surface area contributed by atoms with E-state index in [0.29, 0.717) is 6.54 Å². The van der Waals surface area contributed by atoms with Crippen LogP contribution in [-0.2, 0) is 13.0 Å². The molecule has 5 heteroatoms. The summed E-state index contributed by atoms with van der Waals surface area (Å²) in [6.45, 7) is 4.65. The van der Waals surface area contributed by atoms with Crippen molar-refractivity contribution in [2.75, 3.05) is 0 Å². The fraction of sp³-hybridized carbons (Fsp3) is 0.267. The Morgan fingerprint density at radius 1 is 1.15 bits per heavy atom. The van der Waals surface area contributed by atoms with Gasteiger partial charge in [0.05, 0.1) is 0 Å².